The van der Waals surface area contributed by atoms with Crippen molar-refractivity contribution in [2.75, 3.05) is 20.1 Å². The van der Waals surface area contributed by atoms with Crippen LogP contribution in [0.3, 0.4) is 0 Å². The average molecular weight is 141 g/mol. The van der Waals surface area contributed by atoms with Crippen molar-refractivity contribution in [1.29, 1.82) is 0 Å². The van der Waals surface area contributed by atoms with Crippen LogP contribution < -0.4 is 5.32 Å². The van der Waals surface area contributed by atoms with E-state index in [0.29, 0.717) is 0 Å². The van der Waals surface area contributed by atoms with Crippen molar-refractivity contribution in [2.24, 2.45) is 0 Å². The molecule has 10 heavy (non-hydrogen) atoms. The first kappa shape index (κ1) is 7.61. The van der Waals surface area contributed by atoms with E-state index < -0.39 is 0 Å². The second-order valence-electron chi connectivity index (χ2n) is 2.95. The summed E-state index contributed by atoms with van der Waals surface area (Å²) in [5.41, 5.74) is 0. The molecule has 2 nitrogen and oxygen atoms in total. The molecule has 1 aliphatic rings. The van der Waals surface area contributed by atoms with Crippen molar-refractivity contribution >= 4 is 0 Å². The molecular formula is C8H17N2+. The number of nitrogens with zero attached hydrogens (tertiary/aromatic N) is 1. The van der Waals surface area contributed by atoms with Gasteiger partial charge in [0.15, 0.2) is 0 Å². The molecule has 0 atom stereocenters. The van der Waals surface area contributed by atoms with E-state index in [1.807, 2.05) is 6.20 Å². The highest BCUT2D eigenvalue weighted by Gasteiger charge is 2.16. The maximum Gasteiger partial charge on any atom is 0.0775 e. The summed E-state index contributed by atoms with van der Waals surface area (Å²) in [7, 11) is 2.11. The molecule has 1 saturated heterocycles. The third kappa shape index (κ3) is 1.74. The molecule has 0 aromatic carbocycles. The van der Waals surface area contributed by atoms with E-state index in [9.17, 15) is 0 Å². The topological polar surface area (TPSA) is 19.9 Å². The summed E-state index contributed by atoms with van der Waals surface area (Å²) in [5, 5.41) is 2.38. The molecule has 0 unspecified atom stereocenters. The van der Waals surface area contributed by atoms with Crippen LogP contribution in [0.25, 0.3) is 0 Å². The molecule has 0 saturated carbocycles. The van der Waals surface area contributed by atoms with Gasteiger partial charge in [-0.15, -0.1) is 0 Å². The van der Waals surface area contributed by atoms with Gasteiger partial charge in [-0.25, -0.2) is 0 Å². The zero-order chi connectivity index (χ0) is 7.40. The van der Waals surface area contributed by atoms with Crippen molar-refractivity contribution in [1.82, 2.24) is 4.90 Å². The van der Waals surface area contributed by atoms with Crippen LogP contribution in [0.4, 0.5) is 0 Å². The van der Waals surface area contributed by atoms with Crippen molar-refractivity contribution in [2.45, 2.75) is 18.9 Å². The molecule has 1 rings (SSSR count). The lowest BCUT2D eigenvalue weighted by Gasteiger charge is -2.28. The quantitative estimate of drug-likeness (QED) is 0.564. The summed E-state index contributed by atoms with van der Waals surface area (Å²) in [6.07, 6.45) is 4.54. The maximum absolute atomic E-state index is 3.75. The molecule has 1 fully saturated rings. The smallest absolute Gasteiger partial charge is 0.0775 e. The van der Waals surface area contributed by atoms with Crippen molar-refractivity contribution in [3.63, 3.8) is 0 Å². The van der Waals surface area contributed by atoms with Gasteiger partial charge in [0.05, 0.1) is 13.1 Å². The SMILES string of the molecule is C=CN(C)C1CC[NH2+]CC1. The van der Waals surface area contributed by atoms with E-state index in [4.69, 9.17) is 0 Å². The van der Waals surface area contributed by atoms with Crippen LogP contribution in [0.2, 0.25) is 0 Å². The molecular weight excluding hydrogens is 124 g/mol. The van der Waals surface area contributed by atoms with Gasteiger partial charge in [0.1, 0.15) is 0 Å². The molecule has 1 heterocycles. The first-order chi connectivity index (χ1) is 4.84. The molecule has 2 heteroatoms. The lowest BCUT2D eigenvalue weighted by molar-refractivity contribution is -0.663. The van der Waals surface area contributed by atoms with Crippen LogP contribution in [0.5, 0.6) is 0 Å². The Morgan fingerprint density at radius 2 is 2.10 bits per heavy atom. The minimum absolute atomic E-state index is 0.752. The Morgan fingerprint density at radius 1 is 1.50 bits per heavy atom. The van der Waals surface area contributed by atoms with Gasteiger partial charge in [0.25, 0.3) is 0 Å². The van der Waals surface area contributed by atoms with Gasteiger partial charge < -0.3 is 10.2 Å². The highest BCUT2D eigenvalue weighted by atomic mass is 15.1. The molecule has 0 amide bonds. The fraction of sp³-hybridized carbons (Fsp3) is 0.750. The number of nitrogens with two attached hydrogens (primary N) is 1. The molecule has 1 aliphatic heterocycles. The predicted octanol–water partition coefficient (Wildman–Crippen LogP) is -0.212. The zero-order valence-electron chi connectivity index (χ0n) is 6.71. The van der Waals surface area contributed by atoms with Crippen LogP contribution in [0.15, 0.2) is 12.8 Å². The lowest BCUT2D eigenvalue weighted by Crippen LogP contribution is -2.87. The van der Waals surface area contributed by atoms with Crippen LogP contribution in [-0.2, 0) is 0 Å². The molecule has 0 radical (unpaired) electrons. The maximum atomic E-state index is 3.75. The number of rotatable bonds is 2. The molecule has 0 aromatic heterocycles. The first-order valence-corrected chi connectivity index (χ1v) is 4.00. The van der Waals surface area contributed by atoms with Crippen LogP contribution >= 0.6 is 0 Å². The molecule has 58 valence electrons. The second-order valence-corrected chi connectivity index (χ2v) is 2.95. The summed E-state index contributed by atoms with van der Waals surface area (Å²) in [6.45, 7) is 6.31. The Hall–Kier alpha value is -0.500. The van der Waals surface area contributed by atoms with E-state index >= 15 is 0 Å². The van der Waals surface area contributed by atoms with Gasteiger partial charge in [0, 0.05) is 25.9 Å². The van der Waals surface area contributed by atoms with E-state index in [1.165, 1.54) is 25.9 Å². The Morgan fingerprint density at radius 3 is 2.60 bits per heavy atom. The molecule has 0 aliphatic carbocycles. The van der Waals surface area contributed by atoms with Crippen LogP contribution in [-0.4, -0.2) is 31.1 Å². The van der Waals surface area contributed by atoms with Gasteiger partial charge in [0.2, 0.25) is 0 Å². The standard InChI is InChI=1S/C8H16N2/c1-3-10(2)8-4-6-9-7-5-8/h3,8-9H,1,4-7H2,2H3/p+1. The van der Waals surface area contributed by atoms with Crippen molar-refractivity contribution < 1.29 is 5.32 Å². The number of hydrogen-bond donors (Lipinski definition) is 1. The fourth-order valence-electron chi connectivity index (χ4n) is 1.47. The minimum Gasteiger partial charge on any atom is -0.378 e. The lowest BCUT2D eigenvalue weighted by atomic mass is 10.1. The van der Waals surface area contributed by atoms with Gasteiger partial charge in [-0.2, -0.15) is 0 Å². The Balaban J connectivity index is 2.30. The summed E-state index contributed by atoms with van der Waals surface area (Å²) >= 11 is 0. The van der Waals surface area contributed by atoms with Crippen LogP contribution in [0, 0.1) is 0 Å². The molecule has 0 spiro atoms. The molecule has 2 N–H and O–H groups in total. The molecule has 0 bridgehead atoms. The second kappa shape index (κ2) is 3.62. The fourth-order valence-corrected chi connectivity index (χ4v) is 1.47. The van der Waals surface area contributed by atoms with Gasteiger partial charge in [-0.05, 0) is 6.20 Å². The minimum atomic E-state index is 0.752. The van der Waals surface area contributed by atoms with Gasteiger partial charge in [-0.3, -0.25) is 0 Å². The Bertz CT molecular complexity index is 106. The van der Waals surface area contributed by atoms with Gasteiger partial charge in [-0.1, -0.05) is 6.58 Å². The average Bonchev–Trinajstić information content (AvgIpc) is 2.05. The van der Waals surface area contributed by atoms with E-state index in [2.05, 4.69) is 23.8 Å². The summed E-state index contributed by atoms with van der Waals surface area (Å²) < 4.78 is 0. The summed E-state index contributed by atoms with van der Waals surface area (Å²) in [5.74, 6) is 0. The summed E-state index contributed by atoms with van der Waals surface area (Å²) in [4.78, 5) is 2.23. The number of piperidine rings is 1. The highest BCUT2D eigenvalue weighted by Crippen LogP contribution is 2.06. The third-order valence-corrected chi connectivity index (χ3v) is 2.27. The third-order valence-electron chi connectivity index (χ3n) is 2.27. The Kier molecular flexibility index (Phi) is 2.75. The molecule has 0 aromatic rings. The zero-order valence-corrected chi connectivity index (χ0v) is 6.71. The van der Waals surface area contributed by atoms with Gasteiger partial charge >= 0.3 is 0 Å². The summed E-state index contributed by atoms with van der Waals surface area (Å²) in [6, 6.07) is 0.752. The largest absolute Gasteiger partial charge is 0.378 e. The predicted molar refractivity (Wildman–Crippen MR) is 42.6 cm³/mol. The Labute approximate surface area is 62.9 Å². The van der Waals surface area contributed by atoms with E-state index in [0.717, 1.165) is 6.04 Å². The highest BCUT2D eigenvalue weighted by molar-refractivity contribution is 4.77. The van der Waals surface area contributed by atoms with Crippen molar-refractivity contribution in [3.8, 4) is 0 Å². The normalized spacial score (nSPS) is 20.5. The van der Waals surface area contributed by atoms with Crippen molar-refractivity contribution in [3.05, 3.63) is 12.8 Å². The monoisotopic (exact) mass is 141 g/mol. The van der Waals surface area contributed by atoms with Crippen LogP contribution in [0.1, 0.15) is 12.8 Å². The number of quaternary nitrogens is 1. The van der Waals surface area contributed by atoms with E-state index in [1.54, 1.807) is 0 Å². The number of hydrogen-bond acceptors (Lipinski definition) is 1. The van der Waals surface area contributed by atoms with E-state index in [-0.39, 0.29) is 0 Å². The first-order valence-electron chi connectivity index (χ1n) is 4.00.